The standard InChI is InChI=1S/C23H23N5O2S/c1-3-30-19-10-8-18(9-11-19)20-12-13-21-25-26-23(28(21)27-20)31-15-22(29)24-14-17-6-4-16(2)5-7-17/h4-13H,3,14-15H2,1-2H3,(H,24,29). The number of benzene rings is 2. The highest BCUT2D eigenvalue weighted by Gasteiger charge is 2.12. The third kappa shape index (κ3) is 5.21. The molecule has 2 heterocycles. The van der Waals surface area contributed by atoms with Crippen molar-refractivity contribution in [1.82, 2.24) is 25.1 Å². The minimum atomic E-state index is -0.0648. The Labute approximate surface area is 184 Å². The van der Waals surface area contributed by atoms with Crippen LogP contribution in [0.2, 0.25) is 0 Å². The van der Waals surface area contributed by atoms with Gasteiger partial charge in [-0.3, -0.25) is 4.79 Å². The summed E-state index contributed by atoms with van der Waals surface area (Å²) in [5, 5.41) is 16.5. The molecule has 0 saturated carbocycles. The minimum Gasteiger partial charge on any atom is -0.494 e. The van der Waals surface area contributed by atoms with E-state index in [0.717, 1.165) is 22.6 Å². The molecule has 0 unspecified atom stereocenters. The lowest BCUT2D eigenvalue weighted by atomic mass is 10.1. The second-order valence-electron chi connectivity index (χ2n) is 6.98. The van der Waals surface area contributed by atoms with Gasteiger partial charge in [-0.1, -0.05) is 41.6 Å². The van der Waals surface area contributed by atoms with Crippen LogP contribution in [0.15, 0.2) is 65.8 Å². The number of rotatable bonds is 8. The molecular formula is C23H23N5O2S. The van der Waals surface area contributed by atoms with Gasteiger partial charge in [-0.25, -0.2) is 0 Å². The Hall–Kier alpha value is -3.39. The second kappa shape index (κ2) is 9.61. The number of nitrogens with zero attached hydrogens (tertiary/aromatic N) is 4. The molecule has 0 fully saturated rings. The van der Waals surface area contributed by atoms with E-state index in [4.69, 9.17) is 4.74 Å². The summed E-state index contributed by atoms with van der Waals surface area (Å²) in [6.07, 6.45) is 0. The molecule has 0 saturated heterocycles. The average molecular weight is 434 g/mol. The van der Waals surface area contributed by atoms with Crippen LogP contribution in [0.5, 0.6) is 5.75 Å². The van der Waals surface area contributed by atoms with Crippen molar-refractivity contribution in [2.75, 3.05) is 12.4 Å². The van der Waals surface area contributed by atoms with Crippen LogP contribution < -0.4 is 10.1 Å². The zero-order valence-electron chi connectivity index (χ0n) is 17.4. The molecule has 0 spiro atoms. The van der Waals surface area contributed by atoms with Crippen molar-refractivity contribution in [3.63, 3.8) is 0 Å². The topological polar surface area (TPSA) is 81.4 Å². The molecule has 2 aromatic heterocycles. The van der Waals surface area contributed by atoms with E-state index in [9.17, 15) is 4.79 Å². The minimum absolute atomic E-state index is 0.0648. The molecule has 31 heavy (non-hydrogen) atoms. The van der Waals surface area contributed by atoms with Crippen LogP contribution in [-0.2, 0) is 11.3 Å². The molecule has 0 atom stereocenters. The molecule has 4 rings (SSSR count). The van der Waals surface area contributed by atoms with E-state index in [0.29, 0.717) is 24.0 Å². The van der Waals surface area contributed by atoms with Crippen molar-refractivity contribution in [2.24, 2.45) is 0 Å². The van der Waals surface area contributed by atoms with Crippen molar-refractivity contribution in [3.05, 3.63) is 71.8 Å². The fraction of sp³-hybridized carbons (Fsp3) is 0.217. The molecule has 158 valence electrons. The lowest BCUT2D eigenvalue weighted by Gasteiger charge is -2.06. The highest BCUT2D eigenvalue weighted by Crippen LogP contribution is 2.23. The van der Waals surface area contributed by atoms with Crippen LogP contribution in [0, 0.1) is 6.92 Å². The van der Waals surface area contributed by atoms with Crippen LogP contribution in [0.25, 0.3) is 16.9 Å². The Balaban J connectivity index is 1.41. The van der Waals surface area contributed by atoms with Crippen molar-refractivity contribution >= 4 is 23.3 Å². The van der Waals surface area contributed by atoms with Crippen LogP contribution in [0.4, 0.5) is 0 Å². The van der Waals surface area contributed by atoms with E-state index in [1.807, 2.05) is 74.5 Å². The molecule has 8 heteroatoms. The summed E-state index contributed by atoms with van der Waals surface area (Å²) < 4.78 is 7.16. The highest BCUT2D eigenvalue weighted by molar-refractivity contribution is 7.99. The van der Waals surface area contributed by atoms with Gasteiger partial charge in [-0.2, -0.15) is 9.61 Å². The Morgan fingerprint density at radius 1 is 1.03 bits per heavy atom. The number of hydrogen-bond donors (Lipinski definition) is 1. The second-order valence-corrected chi connectivity index (χ2v) is 7.92. The first-order valence-electron chi connectivity index (χ1n) is 10.0. The number of amides is 1. The van der Waals surface area contributed by atoms with Gasteiger partial charge in [0.2, 0.25) is 11.1 Å². The van der Waals surface area contributed by atoms with E-state index in [-0.39, 0.29) is 11.7 Å². The van der Waals surface area contributed by atoms with Gasteiger partial charge < -0.3 is 10.1 Å². The van der Waals surface area contributed by atoms with Crippen molar-refractivity contribution in [2.45, 2.75) is 25.5 Å². The number of carbonyl (C=O) groups is 1. The molecule has 1 amide bonds. The maximum Gasteiger partial charge on any atom is 0.230 e. The Morgan fingerprint density at radius 3 is 2.55 bits per heavy atom. The van der Waals surface area contributed by atoms with Gasteiger partial charge >= 0.3 is 0 Å². The molecule has 0 bridgehead atoms. The van der Waals surface area contributed by atoms with E-state index < -0.39 is 0 Å². The Morgan fingerprint density at radius 2 is 1.81 bits per heavy atom. The molecule has 4 aromatic rings. The summed E-state index contributed by atoms with van der Waals surface area (Å²) in [5.41, 5.74) is 4.66. The molecule has 2 aromatic carbocycles. The monoisotopic (exact) mass is 433 g/mol. The number of ether oxygens (including phenoxy) is 1. The van der Waals surface area contributed by atoms with Crippen molar-refractivity contribution in [1.29, 1.82) is 0 Å². The van der Waals surface area contributed by atoms with Crippen LogP contribution in [-0.4, -0.2) is 38.1 Å². The molecular weight excluding hydrogens is 410 g/mol. The normalized spacial score (nSPS) is 10.9. The van der Waals surface area contributed by atoms with Gasteiger partial charge in [0, 0.05) is 12.1 Å². The van der Waals surface area contributed by atoms with E-state index in [1.54, 1.807) is 4.52 Å². The summed E-state index contributed by atoms with van der Waals surface area (Å²) in [7, 11) is 0. The lowest BCUT2D eigenvalue weighted by Crippen LogP contribution is -2.24. The number of fused-ring (bicyclic) bond motifs is 1. The molecule has 0 aliphatic rings. The summed E-state index contributed by atoms with van der Waals surface area (Å²) in [4.78, 5) is 12.3. The molecule has 0 radical (unpaired) electrons. The zero-order valence-corrected chi connectivity index (χ0v) is 18.2. The summed E-state index contributed by atoms with van der Waals surface area (Å²) in [5.74, 6) is 0.997. The third-order valence-electron chi connectivity index (χ3n) is 4.64. The maximum atomic E-state index is 12.3. The van der Waals surface area contributed by atoms with E-state index >= 15 is 0 Å². The Bertz CT molecular complexity index is 1170. The van der Waals surface area contributed by atoms with E-state index in [2.05, 4.69) is 20.6 Å². The first kappa shape index (κ1) is 20.9. The first-order valence-corrected chi connectivity index (χ1v) is 11.0. The summed E-state index contributed by atoms with van der Waals surface area (Å²) in [6.45, 7) is 5.12. The average Bonchev–Trinajstić information content (AvgIpc) is 3.20. The zero-order chi connectivity index (χ0) is 21.6. The van der Waals surface area contributed by atoms with Gasteiger partial charge in [0.15, 0.2) is 5.65 Å². The first-order chi connectivity index (χ1) is 15.1. The molecule has 1 N–H and O–H groups in total. The molecule has 7 nitrogen and oxygen atoms in total. The van der Waals surface area contributed by atoms with Crippen molar-refractivity contribution in [3.8, 4) is 17.0 Å². The summed E-state index contributed by atoms with van der Waals surface area (Å²) in [6, 6.07) is 19.6. The van der Waals surface area contributed by atoms with Gasteiger partial charge in [0.1, 0.15) is 5.75 Å². The maximum absolute atomic E-state index is 12.3. The number of aryl methyl sites for hydroxylation is 1. The van der Waals surface area contributed by atoms with Gasteiger partial charge in [0.05, 0.1) is 18.1 Å². The lowest BCUT2D eigenvalue weighted by molar-refractivity contribution is -0.118. The number of hydrogen-bond acceptors (Lipinski definition) is 6. The third-order valence-corrected chi connectivity index (χ3v) is 5.56. The predicted molar refractivity (Wildman–Crippen MR) is 121 cm³/mol. The Kier molecular flexibility index (Phi) is 6.47. The van der Waals surface area contributed by atoms with Gasteiger partial charge in [-0.15, -0.1) is 10.2 Å². The van der Waals surface area contributed by atoms with Crippen LogP contribution in [0.1, 0.15) is 18.1 Å². The number of nitrogens with one attached hydrogen (secondary N) is 1. The highest BCUT2D eigenvalue weighted by atomic mass is 32.2. The fourth-order valence-electron chi connectivity index (χ4n) is 2.99. The molecule has 0 aliphatic heterocycles. The van der Waals surface area contributed by atoms with Crippen LogP contribution in [0.3, 0.4) is 0 Å². The van der Waals surface area contributed by atoms with Crippen molar-refractivity contribution < 1.29 is 9.53 Å². The number of thioether (sulfide) groups is 1. The van der Waals surface area contributed by atoms with Gasteiger partial charge in [0.25, 0.3) is 0 Å². The van der Waals surface area contributed by atoms with E-state index in [1.165, 1.54) is 17.3 Å². The quantitative estimate of drug-likeness (QED) is 0.425. The number of aromatic nitrogens is 4. The van der Waals surface area contributed by atoms with Gasteiger partial charge in [-0.05, 0) is 55.8 Å². The largest absolute Gasteiger partial charge is 0.494 e. The predicted octanol–water partition coefficient (Wildman–Crippen LogP) is 3.91. The van der Waals surface area contributed by atoms with Crippen LogP contribution >= 0.6 is 11.8 Å². The molecule has 0 aliphatic carbocycles. The SMILES string of the molecule is CCOc1ccc(-c2ccc3nnc(SCC(=O)NCc4ccc(C)cc4)n3n2)cc1. The summed E-state index contributed by atoms with van der Waals surface area (Å²) >= 11 is 1.31. The number of carbonyl (C=O) groups excluding carboxylic acids is 1. The fourth-order valence-corrected chi connectivity index (χ4v) is 3.71. The smallest absolute Gasteiger partial charge is 0.230 e.